The van der Waals surface area contributed by atoms with Crippen molar-refractivity contribution in [3.05, 3.63) is 0 Å². The van der Waals surface area contributed by atoms with Crippen molar-refractivity contribution in [3.63, 3.8) is 0 Å². The molecule has 98 valence electrons. The molecule has 0 aliphatic heterocycles. The van der Waals surface area contributed by atoms with Crippen LogP contribution in [0.5, 0.6) is 0 Å². The third kappa shape index (κ3) is 5.28. The molecule has 2 atom stereocenters. The van der Waals surface area contributed by atoms with E-state index in [1.54, 1.807) is 7.11 Å². The number of ether oxygens (including phenoxy) is 2. The van der Waals surface area contributed by atoms with E-state index < -0.39 is 0 Å². The monoisotopic (exact) mass is 232 g/mol. The van der Waals surface area contributed by atoms with Crippen LogP contribution in [0.25, 0.3) is 0 Å². The minimum absolute atomic E-state index is 0.0393. The molecule has 1 N–H and O–H groups in total. The molecular formula is C13H28O3. The molecule has 3 nitrogen and oxygen atoms in total. The second-order valence-corrected chi connectivity index (χ2v) is 5.55. The molecule has 0 aliphatic carbocycles. The van der Waals surface area contributed by atoms with E-state index >= 15 is 0 Å². The zero-order chi connectivity index (χ0) is 12.8. The molecule has 0 fully saturated rings. The van der Waals surface area contributed by atoms with Crippen LogP contribution >= 0.6 is 0 Å². The van der Waals surface area contributed by atoms with Gasteiger partial charge in [-0.25, -0.2) is 0 Å². The molecule has 0 radical (unpaired) electrons. The van der Waals surface area contributed by atoms with Gasteiger partial charge in [0.25, 0.3) is 0 Å². The normalized spacial score (nSPS) is 17.8. The molecule has 0 spiro atoms. The summed E-state index contributed by atoms with van der Waals surface area (Å²) in [5, 5.41) is 9.55. The summed E-state index contributed by atoms with van der Waals surface area (Å²) in [5.41, 5.74) is -0.316. The van der Waals surface area contributed by atoms with E-state index in [1.807, 2.05) is 20.8 Å². The Bertz CT molecular complexity index is 170. The molecule has 16 heavy (non-hydrogen) atoms. The maximum absolute atomic E-state index is 9.55. The van der Waals surface area contributed by atoms with Crippen LogP contribution < -0.4 is 0 Å². The largest absolute Gasteiger partial charge is 0.396 e. The van der Waals surface area contributed by atoms with Gasteiger partial charge in [0.15, 0.2) is 0 Å². The Hall–Kier alpha value is -0.120. The van der Waals surface area contributed by atoms with E-state index in [4.69, 9.17) is 9.47 Å². The van der Waals surface area contributed by atoms with Crippen molar-refractivity contribution < 1.29 is 14.6 Å². The minimum atomic E-state index is -0.316. The van der Waals surface area contributed by atoms with E-state index in [-0.39, 0.29) is 24.2 Å². The highest BCUT2D eigenvalue weighted by atomic mass is 16.5. The fraction of sp³-hybridized carbons (Fsp3) is 1.00. The van der Waals surface area contributed by atoms with Crippen molar-refractivity contribution in [1.29, 1.82) is 0 Å². The molecular weight excluding hydrogens is 204 g/mol. The van der Waals surface area contributed by atoms with Crippen LogP contribution in [0.2, 0.25) is 0 Å². The summed E-state index contributed by atoms with van der Waals surface area (Å²) in [6, 6.07) is 0. The summed E-state index contributed by atoms with van der Waals surface area (Å²) in [7, 11) is 1.66. The first-order valence-electron chi connectivity index (χ1n) is 6.11. The molecule has 0 amide bonds. The third-order valence-corrected chi connectivity index (χ3v) is 2.73. The van der Waals surface area contributed by atoms with Gasteiger partial charge in [-0.2, -0.15) is 0 Å². The van der Waals surface area contributed by atoms with Gasteiger partial charge >= 0.3 is 0 Å². The van der Waals surface area contributed by atoms with Crippen molar-refractivity contribution >= 4 is 0 Å². The Balaban J connectivity index is 4.67. The summed E-state index contributed by atoms with van der Waals surface area (Å²) in [6.07, 6.45) is 1.16. The molecule has 0 aromatic carbocycles. The predicted molar refractivity (Wildman–Crippen MR) is 66.5 cm³/mol. The second kappa shape index (κ2) is 7.25. The predicted octanol–water partition coefficient (Wildman–Crippen LogP) is 2.47. The maximum atomic E-state index is 9.55. The second-order valence-electron chi connectivity index (χ2n) is 5.55. The average molecular weight is 232 g/mol. The number of hydrogen-bond acceptors (Lipinski definition) is 3. The lowest BCUT2D eigenvalue weighted by Gasteiger charge is -2.37. The van der Waals surface area contributed by atoms with Crippen LogP contribution in [0.15, 0.2) is 0 Å². The minimum Gasteiger partial charge on any atom is -0.396 e. The topological polar surface area (TPSA) is 38.7 Å². The van der Waals surface area contributed by atoms with E-state index in [2.05, 4.69) is 13.8 Å². The van der Waals surface area contributed by atoms with Crippen LogP contribution in [0, 0.1) is 11.3 Å². The summed E-state index contributed by atoms with van der Waals surface area (Å²) >= 11 is 0. The van der Waals surface area contributed by atoms with Gasteiger partial charge in [-0.05, 0) is 26.2 Å². The first kappa shape index (κ1) is 15.9. The zero-order valence-corrected chi connectivity index (χ0v) is 11.6. The van der Waals surface area contributed by atoms with E-state index in [0.717, 1.165) is 6.42 Å². The number of hydrogen-bond donors (Lipinski definition) is 1. The van der Waals surface area contributed by atoms with Gasteiger partial charge in [-0.3, -0.25) is 0 Å². The van der Waals surface area contributed by atoms with Gasteiger partial charge in [-0.15, -0.1) is 0 Å². The Kier molecular flexibility index (Phi) is 7.20. The lowest BCUT2D eigenvalue weighted by molar-refractivity contribution is -0.115. The molecule has 0 bridgehead atoms. The van der Waals surface area contributed by atoms with E-state index in [0.29, 0.717) is 12.5 Å². The SMILES string of the molecule is COC[C@](C)(CO)C(CC(C)C)OC(C)C. The summed E-state index contributed by atoms with van der Waals surface area (Å²) < 4.78 is 11.1. The van der Waals surface area contributed by atoms with Crippen LogP contribution in [0.4, 0.5) is 0 Å². The molecule has 0 aliphatic rings. The molecule has 1 unspecified atom stereocenters. The lowest BCUT2D eigenvalue weighted by atomic mass is 9.81. The highest BCUT2D eigenvalue weighted by Crippen LogP contribution is 2.29. The standard InChI is InChI=1S/C13H28O3/c1-10(2)7-12(16-11(3)4)13(5,8-14)9-15-6/h10-12,14H,7-9H2,1-6H3/t12?,13-/m0/s1. The van der Waals surface area contributed by atoms with E-state index in [9.17, 15) is 5.11 Å². The van der Waals surface area contributed by atoms with Crippen molar-refractivity contribution in [1.82, 2.24) is 0 Å². The molecule has 0 aromatic rings. The van der Waals surface area contributed by atoms with Crippen molar-refractivity contribution in [2.75, 3.05) is 20.3 Å². The third-order valence-electron chi connectivity index (χ3n) is 2.73. The van der Waals surface area contributed by atoms with E-state index in [1.165, 1.54) is 0 Å². The Morgan fingerprint density at radius 1 is 1.19 bits per heavy atom. The van der Waals surface area contributed by atoms with Crippen molar-refractivity contribution in [3.8, 4) is 0 Å². The number of aliphatic hydroxyl groups excluding tert-OH is 1. The molecule has 0 rings (SSSR count). The Morgan fingerprint density at radius 2 is 1.75 bits per heavy atom. The van der Waals surface area contributed by atoms with Gasteiger partial charge in [0, 0.05) is 12.5 Å². The van der Waals surface area contributed by atoms with Crippen LogP contribution in [0.1, 0.15) is 41.0 Å². The summed E-state index contributed by atoms with van der Waals surface area (Å²) in [6.45, 7) is 11.0. The number of rotatable bonds is 8. The molecule has 0 aromatic heterocycles. The van der Waals surface area contributed by atoms with Gasteiger partial charge in [-0.1, -0.05) is 20.8 Å². The first-order chi connectivity index (χ1) is 7.35. The van der Waals surface area contributed by atoms with Gasteiger partial charge in [0.05, 0.1) is 25.4 Å². The smallest absolute Gasteiger partial charge is 0.0678 e. The van der Waals surface area contributed by atoms with Gasteiger partial charge in [0.1, 0.15) is 0 Å². The number of aliphatic hydroxyl groups is 1. The average Bonchev–Trinajstić information content (AvgIpc) is 2.15. The summed E-state index contributed by atoms with van der Waals surface area (Å²) in [4.78, 5) is 0. The Labute approximate surface area is 100 Å². The van der Waals surface area contributed by atoms with Crippen LogP contribution in [-0.4, -0.2) is 37.6 Å². The highest BCUT2D eigenvalue weighted by Gasteiger charge is 2.35. The number of methoxy groups -OCH3 is 1. The molecule has 0 saturated carbocycles. The molecule has 3 heteroatoms. The lowest BCUT2D eigenvalue weighted by Crippen LogP contribution is -2.43. The van der Waals surface area contributed by atoms with Crippen molar-refractivity contribution in [2.24, 2.45) is 11.3 Å². The fourth-order valence-electron chi connectivity index (χ4n) is 1.83. The van der Waals surface area contributed by atoms with Crippen molar-refractivity contribution in [2.45, 2.75) is 53.2 Å². The quantitative estimate of drug-likeness (QED) is 0.698. The van der Waals surface area contributed by atoms with Gasteiger partial charge < -0.3 is 14.6 Å². The fourth-order valence-corrected chi connectivity index (χ4v) is 1.83. The summed E-state index contributed by atoms with van der Waals surface area (Å²) in [5.74, 6) is 0.548. The zero-order valence-electron chi connectivity index (χ0n) is 11.6. The molecule has 0 heterocycles. The Morgan fingerprint density at radius 3 is 2.06 bits per heavy atom. The first-order valence-corrected chi connectivity index (χ1v) is 6.11. The highest BCUT2D eigenvalue weighted by molar-refractivity contribution is 4.84. The van der Waals surface area contributed by atoms with Crippen LogP contribution in [0.3, 0.4) is 0 Å². The van der Waals surface area contributed by atoms with Crippen LogP contribution in [-0.2, 0) is 9.47 Å². The van der Waals surface area contributed by atoms with Gasteiger partial charge in [0.2, 0.25) is 0 Å². The maximum Gasteiger partial charge on any atom is 0.0678 e. The molecule has 0 saturated heterocycles.